The van der Waals surface area contributed by atoms with E-state index >= 15 is 0 Å². The Balaban J connectivity index is 3.01. The Bertz CT molecular complexity index is 346. The quantitative estimate of drug-likeness (QED) is 0.753. The molecule has 68 valence electrons. The Morgan fingerprint density at radius 2 is 2.23 bits per heavy atom. The van der Waals surface area contributed by atoms with Crippen LogP contribution in [-0.4, -0.2) is 4.98 Å². The summed E-state index contributed by atoms with van der Waals surface area (Å²) in [4.78, 5) is 3.58. The largest absolute Gasteiger partial charge is 0.302 e. The molecule has 0 N–H and O–H groups in total. The van der Waals surface area contributed by atoms with Gasteiger partial charge in [-0.1, -0.05) is 6.07 Å². The van der Waals surface area contributed by atoms with E-state index in [1.165, 1.54) is 18.2 Å². The van der Waals surface area contributed by atoms with E-state index in [1.807, 2.05) is 0 Å². The summed E-state index contributed by atoms with van der Waals surface area (Å²) in [6, 6.07) is 5.62. The Morgan fingerprint density at radius 3 is 2.77 bits per heavy atom. The predicted molar refractivity (Wildman–Crippen MR) is 46.1 cm³/mol. The van der Waals surface area contributed by atoms with Crippen molar-refractivity contribution in [2.75, 3.05) is 0 Å². The maximum absolute atomic E-state index is 13.0. The van der Waals surface area contributed by atoms with Crippen LogP contribution in [0.5, 0.6) is 0 Å². The summed E-state index contributed by atoms with van der Waals surface area (Å²) in [6.07, 6.45) is -0.851. The normalized spacial score (nSPS) is 10.9. The molecule has 0 unspecified atom stereocenters. The zero-order valence-electron chi connectivity index (χ0n) is 6.47. The molecule has 0 atom stereocenters. The van der Waals surface area contributed by atoms with Gasteiger partial charge in [-0.2, -0.15) is 14.0 Å². The SMILES string of the molecule is N#CCC(F)(F)c1cccc(Br)n1. The Hall–Kier alpha value is -1.02. The molecule has 0 aliphatic carbocycles. The van der Waals surface area contributed by atoms with E-state index in [4.69, 9.17) is 5.26 Å². The lowest BCUT2D eigenvalue weighted by Crippen LogP contribution is -2.14. The van der Waals surface area contributed by atoms with Crippen molar-refractivity contribution < 1.29 is 8.78 Å². The molecule has 0 saturated heterocycles. The van der Waals surface area contributed by atoms with E-state index in [2.05, 4.69) is 20.9 Å². The van der Waals surface area contributed by atoms with Gasteiger partial charge in [0, 0.05) is 0 Å². The molecule has 1 aromatic heterocycles. The fourth-order valence-electron chi connectivity index (χ4n) is 0.802. The fraction of sp³-hybridized carbons (Fsp3) is 0.250. The number of hydrogen-bond donors (Lipinski definition) is 0. The van der Waals surface area contributed by atoms with E-state index in [0.717, 1.165) is 0 Å². The van der Waals surface area contributed by atoms with Crippen LogP contribution in [0.3, 0.4) is 0 Å². The lowest BCUT2D eigenvalue weighted by atomic mass is 10.1. The Kier molecular flexibility index (Phi) is 2.94. The molecule has 0 radical (unpaired) electrons. The topological polar surface area (TPSA) is 36.7 Å². The molecule has 0 spiro atoms. The molecule has 0 aliphatic heterocycles. The fourth-order valence-corrected chi connectivity index (χ4v) is 1.15. The first kappa shape index (κ1) is 10.1. The molecule has 0 aliphatic rings. The van der Waals surface area contributed by atoms with Gasteiger partial charge in [0.25, 0.3) is 0 Å². The highest BCUT2D eigenvalue weighted by Crippen LogP contribution is 2.30. The van der Waals surface area contributed by atoms with Gasteiger partial charge in [0.15, 0.2) is 0 Å². The number of nitriles is 1. The molecule has 5 heteroatoms. The van der Waals surface area contributed by atoms with Gasteiger partial charge in [0.05, 0.1) is 6.07 Å². The number of alkyl halides is 2. The summed E-state index contributed by atoms with van der Waals surface area (Å²) < 4.78 is 26.4. The van der Waals surface area contributed by atoms with Crippen LogP contribution in [0.4, 0.5) is 8.78 Å². The summed E-state index contributed by atoms with van der Waals surface area (Å²) in [6.45, 7) is 0. The van der Waals surface area contributed by atoms with Gasteiger partial charge >= 0.3 is 5.92 Å². The highest BCUT2D eigenvalue weighted by atomic mass is 79.9. The minimum atomic E-state index is -3.17. The van der Waals surface area contributed by atoms with Crippen molar-refractivity contribution in [1.82, 2.24) is 4.98 Å². The van der Waals surface area contributed by atoms with Crippen LogP contribution in [0.25, 0.3) is 0 Å². The van der Waals surface area contributed by atoms with Crippen molar-refractivity contribution in [2.24, 2.45) is 0 Å². The third-order valence-corrected chi connectivity index (χ3v) is 1.83. The summed E-state index contributed by atoms with van der Waals surface area (Å²) in [5, 5.41) is 8.16. The molecule has 0 saturated carbocycles. The van der Waals surface area contributed by atoms with Gasteiger partial charge in [-0.3, -0.25) is 0 Å². The predicted octanol–water partition coefficient (Wildman–Crippen LogP) is 2.85. The maximum atomic E-state index is 13.0. The van der Waals surface area contributed by atoms with Crippen molar-refractivity contribution in [2.45, 2.75) is 12.3 Å². The van der Waals surface area contributed by atoms with Gasteiger partial charge in [-0.25, -0.2) is 4.98 Å². The highest BCUT2D eigenvalue weighted by molar-refractivity contribution is 9.10. The van der Waals surface area contributed by atoms with Crippen molar-refractivity contribution in [3.63, 3.8) is 0 Å². The van der Waals surface area contributed by atoms with Crippen LogP contribution in [-0.2, 0) is 5.92 Å². The third-order valence-electron chi connectivity index (χ3n) is 1.39. The van der Waals surface area contributed by atoms with E-state index in [9.17, 15) is 8.78 Å². The molecule has 13 heavy (non-hydrogen) atoms. The maximum Gasteiger partial charge on any atom is 0.302 e. The zero-order chi connectivity index (χ0) is 9.90. The van der Waals surface area contributed by atoms with Gasteiger partial charge in [-0.15, -0.1) is 0 Å². The lowest BCUT2D eigenvalue weighted by Gasteiger charge is -2.11. The van der Waals surface area contributed by atoms with Crippen LogP contribution in [0.1, 0.15) is 12.1 Å². The Morgan fingerprint density at radius 1 is 1.54 bits per heavy atom. The molecule has 0 aromatic carbocycles. The summed E-state index contributed by atoms with van der Waals surface area (Å²) in [5.41, 5.74) is -0.386. The van der Waals surface area contributed by atoms with Gasteiger partial charge in [0.2, 0.25) is 0 Å². The summed E-state index contributed by atoms with van der Waals surface area (Å²) in [5.74, 6) is -3.17. The van der Waals surface area contributed by atoms with Crippen LogP contribution in [0.15, 0.2) is 22.8 Å². The summed E-state index contributed by atoms with van der Waals surface area (Å²) >= 11 is 2.98. The lowest BCUT2D eigenvalue weighted by molar-refractivity contribution is -0.00377. The number of halogens is 3. The molecule has 2 nitrogen and oxygen atoms in total. The van der Waals surface area contributed by atoms with Crippen molar-refractivity contribution in [3.05, 3.63) is 28.5 Å². The molecular formula is C8H5BrF2N2. The van der Waals surface area contributed by atoms with Crippen LogP contribution >= 0.6 is 15.9 Å². The minimum Gasteiger partial charge on any atom is -0.240 e. The van der Waals surface area contributed by atoms with Crippen molar-refractivity contribution in [1.29, 1.82) is 5.26 Å². The smallest absolute Gasteiger partial charge is 0.240 e. The number of nitrogens with zero attached hydrogens (tertiary/aromatic N) is 2. The molecule has 0 bridgehead atoms. The van der Waals surface area contributed by atoms with E-state index in [0.29, 0.717) is 4.60 Å². The highest BCUT2D eigenvalue weighted by Gasteiger charge is 2.32. The molecular weight excluding hydrogens is 242 g/mol. The molecule has 1 rings (SSSR count). The average Bonchev–Trinajstić information content (AvgIpc) is 2.04. The van der Waals surface area contributed by atoms with Crippen LogP contribution in [0, 0.1) is 11.3 Å². The monoisotopic (exact) mass is 246 g/mol. The molecule has 0 amide bonds. The number of aromatic nitrogens is 1. The first-order valence-electron chi connectivity index (χ1n) is 3.44. The number of hydrogen-bond acceptors (Lipinski definition) is 2. The minimum absolute atomic E-state index is 0.336. The van der Waals surface area contributed by atoms with Gasteiger partial charge in [0.1, 0.15) is 16.7 Å². The average molecular weight is 247 g/mol. The molecule has 1 aromatic rings. The van der Waals surface area contributed by atoms with E-state index in [-0.39, 0.29) is 5.69 Å². The third kappa shape index (κ3) is 2.46. The van der Waals surface area contributed by atoms with Crippen LogP contribution in [0.2, 0.25) is 0 Å². The standard InChI is InChI=1S/C8H5BrF2N2/c9-7-3-1-2-6(13-7)8(10,11)4-5-12/h1-3H,4H2. The Labute approximate surface area is 82.3 Å². The molecule has 0 fully saturated rings. The number of rotatable bonds is 2. The summed E-state index contributed by atoms with van der Waals surface area (Å²) in [7, 11) is 0. The second kappa shape index (κ2) is 3.79. The van der Waals surface area contributed by atoms with Gasteiger partial charge < -0.3 is 0 Å². The van der Waals surface area contributed by atoms with Crippen molar-refractivity contribution >= 4 is 15.9 Å². The first-order valence-corrected chi connectivity index (χ1v) is 4.23. The van der Waals surface area contributed by atoms with E-state index < -0.39 is 12.3 Å². The van der Waals surface area contributed by atoms with Gasteiger partial charge in [-0.05, 0) is 28.1 Å². The number of pyridine rings is 1. The van der Waals surface area contributed by atoms with Crippen molar-refractivity contribution in [3.8, 4) is 6.07 Å². The second-order valence-electron chi connectivity index (χ2n) is 2.38. The second-order valence-corrected chi connectivity index (χ2v) is 3.20. The van der Waals surface area contributed by atoms with E-state index in [1.54, 1.807) is 6.07 Å². The zero-order valence-corrected chi connectivity index (χ0v) is 8.05. The van der Waals surface area contributed by atoms with Crippen LogP contribution < -0.4 is 0 Å². The first-order chi connectivity index (χ1) is 6.06. The molecule has 1 heterocycles.